The van der Waals surface area contributed by atoms with Crippen LogP contribution in [0.1, 0.15) is 114 Å². The van der Waals surface area contributed by atoms with E-state index >= 15 is 0 Å². The van der Waals surface area contributed by atoms with Gasteiger partial charge >= 0.3 is 5.97 Å². The van der Waals surface area contributed by atoms with Crippen molar-refractivity contribution in [1.82, 2.24) is 10.3 Å². The van der Waals surface area contributed by atoms with Gasteiger partial charge in [-0.2, -0.15) is 0 Å². The summed E-state index contributed by atoms with van der Waals surface area (Å²) in [6.45, 7) is 11.5. The number of pyridine rings is 1. The molecule has 2 saturated carbocycles. The van der Waals surface area contributed by atoms with E-state index in [1.165, 1.54) is 63.5 Å². The largest absolute Gasteiger partial charge is 0.493 e. The SMILES string of the molecule is Cc1nc(CNCC2CCCCC2)c(-c2ccc(OCCc3ccc(F)cc3)cc2)c(N2CCC3(CCC3)CC2)c1[C@H](OC(C)(C)C)C(=O)O. The van der Waals surface area contributed by atoms with Crippen LogP contribution in [0.5, 0.6) is 5.75 Å². The number of piperidine rings is 1. The molecule has 3 aromatic rings. The average Bonchev–Trinajstić information content (AvgIpc) is 3.08. The smallest absolute Gasteiger partial charge is 0.337 e. The second-order valence-electron chi connectivity index (χ2n) is 16.0. The molecule has 2 N–H and O–H groups in total. The van der Waals surface area contributed by atoms with Gasteiger partial charge in [0.05, 0.1) is 23.6 Å². The minimum Gasteiger partial charge on any atom is -0.493 e. The summed E-state index contributed by atoms with van der Waals surface area (Å²) in [6.07, 6.45) is 12.1. The third-order valence-electron chi connectivity index (χ3n) is 11.2. The van der Waals surface area contributed by atoms with Crippen molar-refractivity contribution in [2.45, 2.75) is 117 Å². The van der Waals surface area contributed by atoms with E-state index in [2.05, 4.69) is 22.3 Å². The minimum absolute atomic E-state index is 0.242. The van der Waals surface area contributed by atoms with Gasteiger partial charge in [-0.05, 0) is 119 Å². The molecule has 1 aromatic heterocycles. The van der Waals surface area contributed by atoms with Crippen molar-refractivity contribution in [3.05, 3.63) is 76.9 Å². The number of rotatable bonds is 13. The highest BCUT2D eigenvalue weighted by Crippen LogP contribution is 2.51. The van der Waals surface area contributed by atoms with Crippen LogP contribution in [0.25, 0.3) is 11.1 Å². The first-order valence-electron chi connectivity index (χ1n) is 18.9. The van der Waals surface area contributed by atoms with Gasteiger partial charge in [0.1, 0.15) is 11.6 Å². The van der Waals surface area contributed by atoms with Crippen molar-refractivity contribution >= 4 is 11.7 Å². The highest BCUT2D eigenvalue weighted by Gasteiger charge is 2.42. The van der Waals surface area contributed by atoms with E-state index in [4.69, 9.17) is 14.5 Å². The Morgan fingerprint density at radius 3 is 2.28 bits per heavy atom. The molecule has 1 aliphatic heterocycles. The molecule has 1 saturated heterocycles. The summed E-state index contributed by atoms with van der Waals surface area (Å²) in [6, 6.07) is 14.7. The Kier molecular flexibility index (Phi) is 11.5. The van der Waals surface area contributed by atoms with Crippen molar-refractivity contribution in [1.29, 1.82) is 0 Å². The van der Waals surface area contributed by atoms with E-state index in [1.807, 2.05) is 39.8 Å². The van der Waals surface area contributed by atoms with Crippen LogP contribution in [0.2, 0.25) is 0 Å². The van der Waals surface area contributed by atoms with Gasteiger partial charge in [0.2, 0.25) is 0 Å². The molecular weight excluding hydrogens is 629 g/mol. The van der Waals surface area contributed by atoms with Crippen LogP contribution in [0.3, 0.4) is 0 Å². The fourth-order valence-electron chi connectivity index (χ4n) is 8.24. The van der Waals surface area contributed by atoms with Gasteiger partial charge in [-0.15, -0.1) is 0 Å². The standard InChI is InChI=1S/C42H56FN3O4/c1-29-36(39(40(47)48)50-41(2,3)4)38(46-24-22-42(23-25-46)20-8-21-42)37(35(45-29)28-44-27-31-9-6-5-7-10-31)32-13-17-34(18-14-32)49-26-19-30-11-15-33(43)16-12-30/h11-18,31,39,44H,5-10,19-28H2,1-4H3,(H,47,48)/t39-/m0/s1. The molecule has 7 nitrogen and oxygen atoms in total. The van der Waals surface area contributed by atoms with Crippen LogP contribution < -0.4 is 15.0 Å². The lowest BCUT2D eigenvalue weighted by molar-refractivity contribution is -0.160. The summed E-state index contributed by atoms with van der Waals surface area (Å²) in [4.78, 5) is 20.7. The number of aliphatic carboxylic acids is 1. The quantitative estimate of drug-likeness (QED) is 0.186. The Morgan fingerprint density at radius 2 is 1.68 bits per heavy atom. The predicted octanol–water partition coefficient (Wildman–Crippen LogP) is 9.20. The zero-order chi connectivity index (χ0) is 35.3. The Balaban J connectivity index is 1.37. The number of halogens is 1. The fourth-order valence-corrected chi connectivity index (χ4v) is 8.24. The molecule has 0 bridgehead atoms. The van der Waals surface area contributed by atoms with Crippen LogP contribution >= 0.6 is 0 Å². The molecule has 2 aromatic carbocycles. The van der Waals surface area contributed by atoms with Crippen molar-refractivity contribution in [3.63, 3.8) is 0 Å². The number of nitrogens with zero attached hydrogens (tertiary/aromatic N) is 2. The maximum atomic E-state index is 13.4. The molecule has 2 aliphatic carbocycles. The molecule has 0 radical (unpaired) electrons. The molecular formula is C42H56FN3O4. The first-order valence-corrected chi connectivity index (χ1v) is 18.9. The van der Waals surface area contributed by atoms with Crippen LogP contribution in [0, 0.1) is 24.1 Å². The van der Waals surface area contributed by atoms with Gasteiger partial charge in [-0.25, -0.2) is 9.18 Å². The molecule has 8 heteroatoms. The molecule has 6 rings (SSSR count). The monoisotopic (exact) mass is 685 g/mol. The van der Waals surface area contributed by atoms with E-state index in [9.17, 15) is 14.3 Å². The fraction of sp³-hybridized carbons (Fsp3) is 0.571. The molecule has 0 unspecified atom stereocenters. The molecule has 2 heterocycles. The number of hydrogen-bond donors (Lipinski definition) is 2. The van der Waals surface area contributed by atoms with Crippen LogP contribution in [0.4, 0.5) is 10.1 Å². The maximum Gasteiger partial charge on any atom is 0.337 e. The number of anilines is 1. The lowest BCUT2D eigenvalue weighted by Gasteiger charge is -2.49. The van der Waals surface area contributed by atoms with Gasteiger partial charge in [0.15, 0.2) is 6.10 Å². The minimum atomic E-state index is -1.16. The second kappa shape index (κ2) is 15.8. The number of nitrogens with one attached hydrogen (secondary N) is 1. The van der Waals surface area contributed by atoms with Crippen molar-refractivity contribution < 1.29 is 23.8 Å². The maximum absolute atomic E-state index is 13.4. The number of hydrogen-bond acceptors (Lipinski definition) is 6. The van der Waals surface area contributed by atoms with Crippen molar-refractivity contribution in [2.75, 3.05) is 31.1 Å². The van der Waals surface area contributed by atoms with Crippen molar-refractivity contribution in [3.8, 4) is 16.9 Å². The van der Waals surface area contributed by atoms with E-state index in [-0.39, 0.29) is 5.82 Å². The van der Waals surface area contributed by atoms with Gasteiger partial charge < -0.3 is 24.8 Å². The summed E-state index contributed by atoms with van der Waals surface area (Å²) in [5, 5.41) is 14.4. The first-order chi connectivity index (χ1) is 24.0. The molecule has 3 aliphatic rings. The zero-order valence-corrected chi connectivity index (χ0v) is 30.5. The molecule has 270 valence electrons. The molecule has 50 heavy (non-hydrogen) atoms. The lowest BCUT2D eigenvalue weighted by atomic mass is 9.63. The lowest BCUT2D eigenvalue weighted by Crippen LogP contribution is -2.44. The van der Waals surface area contributed by atoms with Crippen LogP contribution in [-0.2, 0) is 22.5 Å². The topological polar surface area (TPSA) is 83.9 Å². The summed E-state index contributed by atoms with van der Waals surface area (Å²) >= 11 is 0. The number of aromatic nitrogens is 1. The summed E-state index contributed by atoms with van der Waals surface area (Å²) in [7, 11) is 0. The summed E-state index contributed by atoms with van der Waals surface area (Å²) in [5.41, 5.74) is 6.00. The van der Waals surface area contributed by atoms with E-state index in [1.54, 1.807) is 12.1 Å². The Morgan fingerprint density at radius 1 is 1.00 bits per heavy atom. The van der Waals surface area contributed by atoms with Gasteiger partial charge in [-0.3, -0.25) is 4.98 Å². The van der Waals surface area contributed by atoms with E-state index in [0.29, 0.717) is 42.2 Å². The predicted molar refractivity (Wildman–Crippen MR) is 197 cm³/mol. The number of benzene rings is 2. The summed E-state index contributed by atoms with van der Waals surface area (Å²) in [5.74, 6) is 0.182. The Hall–Kier alpha value is -3.49. The van der Waals surface area contributed by atoms with Gasteiger partial charge in [0, 0.05) is 42.9 Å². The Bertz CT molecular complexity index is 1580. The molecule has 0 amide bonds. The van der Waals surface area contributed by atoms with Crippen LogP contribution in [0.15, 0.2) is 48.5 Å². The van der Waals surface area contributed by atoms with E-state index < -0.39 is 17.7 Å². The second-order valence-corrected chi connectivity index (χ2v) is 16.0. The highest BCUT2D eigenvalue weighted by atomic mass is 19.1. The number of carboxylic acids is 1. The van der Waals surface area contributed by atoms with E-state index in [0.717, 1.165) is 66.3 Å². The van der Waals surface area contributed by atoms with Gasteiger partial charge in [0.25, 0.3) is 0 Å². The normalized spacial score (nSPS) is 18.5. The first kappa shape index (κ1) is 36.3. The molecule has 1 spiro atoms. The third-order valence-corrected chi connectivity index (χ3v) is 11.2. The third kappa shape index (κ3) is 8.86. The van der Waals surface area contributed by atoms with Gasteiger partial charge in [-0.1, -0.05) is 49.9 Å². The number of aryl methyl sites for hydroxylation is 1. The zero-order valence-electron chi connectivity index (χ0n) is 30.5. The molecule has 1 atom stereocenters. The number of carboxylic acid groups (broad SMARTS) is 1. The highest BCUT2D eigenvalue weighted by molar-refractivity contribution is 5.88. The van der Waals surface area contributed by atoms with Crippen molar-refractivity contribution in [2.24, 2.45) is 11.3 Å². The molecule has 3 fully saturated rings. The number of carbonyl (C=O) groups is 1. The Labute approximate surface area is 298 Å². The number of ether oxygens (including phenoxy) is 2. The summed E-state index contributed by atoms with van der Waals surface area (Å²) < 4.78 is 25.8. The average molecular weight is 686 g/mol. The van der Waals surface area contributed by atoms with Crippen LogP contribution in [-0.4, -0.2) is 47.9 Å².